The molecule has 34 heavy (non-hydrogen) atoms. The molecule has 2 atom stereocenters. The van der Waals surface area contributed by atoms with Crippen LogP contribution in [0, 0.1) is 11.7 Å². The molecule has 5 rings (SSSR count). The highest BCUT2D eigenvalue weighted by Gasteiger charge is 2.30. The van der Waals surface area contributed by atoms with Crippen molar-refractivity contribution in [2.75, 3.05) is 13.7 Å². The molecule has 0 aliphatic carbocycles. The number of hydrogen-bond acceptors (Lipinski definition) is 7. The predicted molar refractivity (Wildman–Crippen MR) is 126 cm³/mol. The number of thiazole rings is 1. The third-order valence-corrected chi connectivity index (χ3v) is 6.81. The summed E-state index contributed by atoms with van der Waals surface area (Å²) in [5, 5.41) is 11.8. The third kappa shape index (κ3) is 4.60. The van der Waals surface area contributed by atoms with E-state index in [0.29, 0.717) is 41.2 Å². The number of ether oxygens (including phenoxy) is 3. The van der Waals surface area contributed by atoms with Crippen LogP contribution in [-0.2, 0) is 17.8 Å². The Morgan fingerprint density at radius 1 is 1.21 bits per heavy atom. The lowest BCUT2D eigenvalue weighted by Crippen LogP contribution is -2.27. The van der Waals surface area contributed by atoms with E-state index in [1.807, 2.05) is 6.07 Å². The monoisotopic (exact) mass is 479 g/mol. The molecule has 1 aliphatic heterocycles. The summed E-state index contributed by atoms with van der Waals surface area (Å²) in [6.45, 7) is 0.597. The van der Waals surface area contributed by atoms with Gasteiger partial charge in [-0.05, 0) is 54.4 Å². The molecule has 4 aromatic rings. The third-order valence-electron chi connectivity index (χ3n) is 5.80. The lowest BCUT2D eigenvalue weighted by molar-refractivity contribution is 0.0504. The molecule has 174 valence electrons. The molecular formula is C26H22FNO5S. The van der Waals surface area contributed by atoms with Gasteiger partial charge in [0.2, 0.25) is 0 Å². The molecule has 0 unspecified atom stereocenters. The largest absolute Gasteiger partial charge is 0.493 e. The summed E-state index contributed by atoms with van der Waals surface area (Å²) in [5.41, 5.74) is 2.65. The smallest absolute Gasteiger partial charge is 0.337 e. The van der Waals surface area contributed by atoms with Gasteiger partial charge in [-0.1, -0.05) is 12.1 Å². The van der Waals surface area contributed by atoms with Gasteiger partial charge in [-0.3, -0.25) is 0 Å². The molecular weight excluding hydrogens is 457 g/mol. The van der Waals surface area contributed by atoms with Gasteiger partial charge in [0.05, 0.1) is 35.6 Å². The molecule has 2 heterocycles. The summed E-state index contributed by atoms with van der Waals surface area (Å²) in [7, 11) is 1.35. The number of carbonyl (C=O) groups excluding carboxylic acids is 1. The second-order valence-corrected chi connectivity index (χ2v) is 9.24. The predicted octanol–water partition coefficient (Wildman–Crippen LogP) is 5.09. The lowest BCUT2D eigenvalue weighted by Gasteiger charge is -2.30. The molecule has 1 aliphatic rings. The summed E-state index contributed by atoms with van der Waals surface area (Å²) in [5.74, 6) is 0.304. The first-order valence-corrected chi connectivity index (χ1v) is 11.6. The molecule has 6 nitrogen and oxygen atoms in total. The molecule has 0 radical (unpaired) electrons. The summed E-state index contributed by atoms with van der Waals surface area (Å²) in [6, 6.07) is 17.1. The van der Waals surface area contributed by atoms with Crippen LogP contribution >= 0.6 is 11.3 Å². The zero-order valence-electron chi connectivity index (χ0n) is 18.4. The topological polar surface area (TPSA) is 77.9 Å². The fourth-order valence-corrected chi connectivity index (χ4v) is 4.95. The Balaban J connectivity index is 1.29. The Bertz CT molecular complexity index is 1350. The van der Waals surface area contributed by atoms with Crippen molar-refractivity contribution in [2.45, 2.75) is 19.1 Å². The first-order valence-electron chi connectivity index (χ1n) is 10.8. The average Bonchev–Trinajstić information content (AvgIpc) is 3.26. The first-order chi connectivity index (χ1) is 16.5. The van der Waals surface area contributed by atoms with Gasteiger partial charge in [0.1, 0.15) is 28.9 Å². The van der Waals surface area contributed by atoms with E-state index in [1.54, 1.807) is 42.5 Å². The molecule has 0 spiro atoms. The van der Waals surface area contributed by atoms with E-state index in [-0.39, 0.29) is 18.3 Å². The number of aliphatic hydroxyl groups excluding tert-OH is 1. The Kier molecular flexibility index (Phi) is 6.17. The van der Waals surface area contributed by atoms with E-state index in [2.05, 4.69) is 4.98 Å². The average molecular weight is 480 g/mol. The fraction of sp³-hybridized carbons (Fsp3) is 0.231. The molecule has 8 heteroatoms. The number of methoxy groups -OCH3 is 1. The van der Waals surface area contributed by atoms with Crippen LogP contribution in [-0.4, -0.2) is 29.8 Å². The zero-order valence-corrected chi connectivity index (χ0v) is 19.2. The minimum Gasteiger partial charge on any atom is -0.493 e. The molecule has 0 saturated heterocycles. The molecule has 0 fully saturated rings. The maximum absolute atomic E-state index is 13.4. The molecule has 3 aromatic carbocycles. The van der Waals surface area contributed by atoms with E-state index in [0.717, 1.165) is 15.3 Å². The van der Waals surface area contributed by atoms with Crippen LogP contribution in [0.15, 0.2) is 60.7 Å². The van der Waals surface area contributed by atoms with Gasteiger partial charge in [0.15, 0.2) is 0 Å². The second kappa shape index (κ2) is 9.40. The van der Waals surface area contributed by atoms with Crippen LogP contribution in [0.5, 0.6) is 11.5 Å². The maximum Gasteiger partial charge on any atom is 0.337 e. The van der Waals surface area contributed by atoms with Crippen molar-refractivity contribution in [3.63, 3.8) is 0 Å². The van der Waals surface area contributed by atoms with Crippen LogP contribution in [0.2, 0.25) is 0 Å². The number of aliphatic hydroxyl groups is 1. The van der Waals surface area contributed by atoms with Gasteiger partial charge in [0, 0.05) is 17.5 Å². The van der Waals surface area contributed by atoms with Gasteiger partial charge in [-0.15, -0.1) is 11.3 Å². The summed E-state index contributed by atoms with van der Waals surface area (Å²) >= 11 is 1.45. The van der Waals surface area contributed by atoms with E-state index < -0.39 is 12.1 Å². The van der Waals surface area contributed by atoms with Crippen LogP contribution in [0.1, 0.15) is 32.6 Å². The number of rotatable bonds is 6. The highest BCUT2D eigenvalue weighted by molar-refractivity contribution is 7.18. The molecule has 0 bridgehead atoms. The standard InChI is InChI=1S/C26H22FNO5S/c1-31-26(30)16-4-2-3-15(9-16)10-17-13-33-22-7-6-19(12-20(22)25(17)29)32-14-24-28-21-11-18(27)5-8-23(21)34-24/h2-9,11-12,17,25,29H,10,13-14H2,1H3/t17-,25+/m0/s1. The first kappa shape index (κ1) is 22.3. The van der Waals surface area contributed by atoms with Crippen molar-refractivity contribution >= 4 is 27.5 Å². The number of aromatic nitrogens is 1. The minimum absolute atomic E-state index is 0.185. The van der Waals surface area contributed by atoms with Gasteiger partial charge in [-0.25, -0.2) is 14.2 Å². The normalized spacial score (nSPS) is 17.1. The zero-order chi connectivity index (χ0) is 23.7. The second-order valence-electron chi connectivity index (χ2n) is 8.12. The van der Waals surface area contributed by atoms with Crippen LogP contribution in [0.4, 0.5) is 4.39 Å². The molecule has 1 aromatic heterocycles. The number of halogens is 1. The van der Waals surface area contributed by atoms with Crippen molar-refractivity contribution < 1.29 is 28.5 Å². The van der Waals surface area contributed by atoms with Gasteiger partial charge < -0.3 is 19.3 Å². The van der Waals surface area contributed by atoms with Gasteiger partial charge >= 0.3 is 5.97 Å². The number of nitrogens with zero attached hydrogens (tertiary/aromatic N) is 1. The van der Waals surface area contributed by atoms with Crippen LogP contribution < -0.4 is 9.47 Å². The Morgan fingerprint density at radius 3 is 2.94 bits per heavy atom. The highest BCUT2D eigenvalue weighted by atomic mass is 32.1. The Morgan fingerprint density at radius 2 is 2.09 bits per heavy atom. The molecule has 0 saturated carbocycles. The fourth-order valence-electron chi connectivity index (χ4n) is 4.09. The Labute approximate surface area is 199 Å². The van der Waals surface area contributed by atoms with Crippen molar-refractivity contribution in [3.8, 4) is 11.5 Å². The number of fused-ring (bicyclic) bond motifs is 2. The number of carbonyl (C=O) groups is 1. The van der Waals surface area contributed by atoms with E-state index >= 15 is 0 Å². The number of hydrogen-bond donors (Lipinski definition) is 1. The van der Waals surface area contributed by atoms with Crippen molar-refractivity contribution in [3.05, 3.63) is 88.2 Å². The summed E-state index contributed by atoms with van der Waals surface area (Å²) < 4.78 is 30.9. The van der Waals surface area contributed by atoms with Crippen LogP contribution in [0.3, 0.4) is 0 Å². The van der Waals surface area contributed by atoms with E-state index in [9.17, 15) is 14.3 Å². The van der Waals surface area contributed by atoms with E-state index in [1.165, 1.54) is 30.6 Å². The SMILES string of the molecule is COC(=O)c1cccc(C[C@H]2COc3ccc(OCc4nc5cc(F)ccc5s4)cc3[C@@H]2O)c1. The quantitative estimate of drug-likeness (QED) is 0.389. The van der Waals surface area contributed by atoms with Crippen molar-refractivity contribution in [2.24, 2.45) is 5.92 Å². The van der Waals surface area contributed by atoms with E-state index in [4.69, 9.17) is 14.2 Å². The Hall–Kier alpha value is -3.49. The van der Waals surface area contributed by atoms with Gasteiger partial charge in [0.25, 0.3) is 0 Å². The van der Waals surface area contributed by atoms with Crippen molar-refractivity contribution in [1.82, 2.24) is 4.98 Å². The molecule has 0 amide bonds. The summed E-state index contributed by atoms with van der Waals surface area (Å²) in [6.07, 6.45) is -0.210. The number of esters is 1. The van der Waals surface area contributed by atoms with Gasteiger partial charge in [-0.2, -0.15) is 0 Å². The van der Waals surface area contributed by atoms with Crippen molar-refractivity contribution in [1.29, 1.82) is 0 Å². The van der Waals surface area contributed by atoms with Crippen LogP contribution in [0.25, 0.3) is 10.2 Å². The summed E-state index contributed by atoms with van der Waals surface area (Å²) in [4.78, 5) is 16.2. The number of benzene rings is 3. The highest BCUT2D eigenvalue weighted by Crippen LogP contribution is 2.39. The maximum atomic E-state index is 13.4. The lowest BCUT2D eigenvalue weighted by atomic mass is 9.88. The minimum atomic E-state index is -0.750. The molecule has 1 N–H and O–H groups in total.